The van der Waals surface area contributed by atoms with E-state index in [9.17, 15) is 19.2 Å². The van der Waals surface area contributed by atoms with Crippen LogP contribution in [-0.4, -0.2) is 63.4 Å². The smallest absolute Gasteiger partial charge is 0.332 e. The molecule has 29 heavy (non-hydrogen) atoms. The number of urea groups is 1. The molecule has 3 saturated heterocycles. The van der Waals surface area contributed by atoms with E-state index in [4.69, 9.17) is 4.84 Å². The van der Waals surface area contributed by atoms with E-state index in [0.717, 1.165) is 38.0 Å². The first-order valence-electron chi connectivity index (χ1n) is 10.8. The van der Waals surface area contributed by atoms with E-state index in [-0.39, 0.29) is 37.4 Å². The first kappa shape index (κ1) is 21.9. The summed E-state index contributed by atoms with van der Waals surface area (Å²) in [6.45, 7) is 2.99. The fourth-order valence-electron chi connectivity index (χ4n) is 4.24. The van der Waals surface area contributed by atoms with Crippen molar-refractivity contribution in [2.75, 3.05) is 12.3 Å². The molecule has 0 radical (unpaired) electrons. The average Bonchev–Trinajstić information content (AvgIpc) is 3.32. The normalized spacial score (nSPS) is 26.2. The van der Waals surface area contributed by atoms with Crippen LogP contribution in [0.5, 0.6) is 0 Å². The number of thioether (sulfide) groups is 1. The zero-order chi connectivity index (χ0) is 20.8. The number of carbonyl (C=O) groups is 4. The number of hydrogen-bond acceptors (Lipinski definition) is 6. The van der Waals surface area contributed by atoms with Gasteiger partial charge in [0.25, 0.3) is 11.8 Å². The van der Waals surface area contributed by atoms with Gasteiger partial charge in [0.1, 0.15) is 0 Å². The first-order valence-corrected chi connectivity index (χ1v) is 11.8. The Morgan fingerprint density at radius 3 is 2.59 bits per heavy atom. The summed E-state index contributed by atoms with van der Waals surface area (Å²) in [4.78, 5) is 54.1. The number of nitrogens with zero attached hydrogens (tertiary/aromatic N) is 2. The molecule has 3 aliphatic heterocycles. The SMILES string of the molecule is CCCCCCN1C(=O)N[C@H]2CS[C@@H](CCCCC(=O)ON3C(=O)CCC3=O)[C@H]21. The highest BCUT2D eigenvalue weighted by Crippen LogP contribution is 2.37. The van der Waals surface area contributed by atoms with Crippen molar-refractivity contribution >= 4 is 35.6 Å². The van der Waals surface area contributed by atoms with Crippen LogP contribution < -0.4 is 5.32 Å². The maximum atomic E-state index is 12.3. The van der Waals surface area contributed by atoms with E-state index in [1.807, 2.05) is 16.7 Å². The van der Waals surface area contributed by atoms with Gasteiger partial charge >= 0.3 is 12.0 Å². The molecule has 0 saturated carbocycles. The Hall–Kier alpha value is -1.77. The lowest BCUT2D eigenvalue weighted by molar-refractivity contribution is -0.197. The van der Waals surface area contributed by atoms with Crippen molar-refractivity contribution in [3.63, 3.8) is 0 Å². The molecule has 3 rings (SSSR count). The first-order chi connectivity index (χ1) is 14.0. The minimum absolute atomic E-state index is 0.0605. The number of hydroxylamine groups is 2. The van der Waals surface area contributed by atoms with Crippen LogP contribution in [0.15, 0.2) is 0 Å². The fraction of sp³-hybridized carbons (Fsp3) is 0.800. The third kappa shape index (κ3) is 5.43. The summed E-state index contributed by atoms with van der Waals surface area (Å²) in [6.07, 6.45) is 7.39. The summed E-state index contributed by atoms with van der Waals surface area (Å²) in [6, 6.07) is 0.520. The van der Waals surface area contributed by atoms with Crippen LogP contribution in [0.3, 0.4) is 0 Å². The van der Waals surface area contributed by atoms with Crippen molar-refractivity contribution < 1.29 is 24.0 Å². The second-order valence-electron chi connectivity index (χ2n) is 7.96. The van der Waals surface area contributed by atoms with Crippen molar-refractivity contribution in [1.29, 1.82) is 0 Å². The molecule has 3 fully saturated rings. The minimum atomic E-state index is -0.541. The van der Waals surface area contributed by atoms with E-state index in [1.165, 1.54) is 12.8 Å². The standard InChI is InChI=1S/C20H31N3O5S/c1-2-3-4-7-12-22-19-14(21-20(22)27)13-29-15(19)8-5-6-9-18(26)28-23-16(24)10-11-17(23)25/h14-15,19H,2-13H2,1H3,(H,21,27)/t14-,15-,19-/m0/s1. The Morgan fingerprint density at radius 1 is 1.10 bits per heavy atom. The highest BCUT2D eigenvalue weighted by Gasteiger charge is 2.47. The van der Waals surface area contributed by atoms with Gasteiger partial charge in [-0.05, 0) is 19.3 Å². The third-order valence-corrected chi connectivity index (χ3v) is 7.28. The number of unbranched alkanes of at least 4 members (excludes halogenated alkanes) is 4. The Bertz CT molecular complexity index is 628. The molecule has 9 heteroatoms. The number of fused-ring (bicyclic) bond motifs is 1. The second kappa shape index (κ2) is 10.3. The Kier molecular flexibility index (Phi) is 7.80. The fourth-order valence-corrected chi connectivity index (χ4v) is 5.84. The van der Waals surface area contributed by atoms with Crippen LogP contribution in [0.2, 0.25) is 0 Å². The number of nitrogens with one attached hydrogen (secondary N) is 1. The largest absolute Gasteiger partial charge is 0.333 e. The maximum Gasteiger partial charge on any atom is 0.333 e. The van der Waals surface area contributed by atoms with Crippen LogP contribution in [0, 0.1) is 0 Å². The number of imide groups is 1. The van der Waals surface area contributed by atoms with Crippen molar-refractivity contribution in [2.45, 2.75) is 88.5 Å². The maximum absolute atomic E-state index is 12.3. The molecule has 0 spiro atoms. The second-order valence-corrected chi connectivity index (χ2v) is 9.24. The zero-order valence-electron chi connectivity index (χ0n) is 17.1. The van der Waals surface area contributed by atoms with E-state index < -0.39 is 17.8 Å². The molecular weight excluding hydrogens is 394 g/mol. The van der Waals surface area contributed by atoms with Crippen molar-refractivity contribution in [1.82, 2.24) is 15.3 Å². The highest BCUT2D eigenvalue weighted by molar-refractivity contribution is 8.00. The molecule has 3 aliphatic rings. The summed E-state index contributed by atoms with van der Waals surface area (Å²) < 4.78 is 0. The van der Waals surface area contributed by atoms with Crippen LogP contribution in [-0.2, 0) is 19.2 Å². The predicted octanol–water partition coefficient (Wildman–Crippen LogP) is 2.61. The Morgan fingerprint density at radius 2 is 1.86 bits per heavy atom. The Labute approximate surface area is 176 Å². The molecule has 4 amide bonds. The predicted molar refractivity (Wildman–Crippen MR) is 109 cm³/mol. The van der Waals surface area contributed by atoms with E-state index in [2.05, 4.69) is 12.2 Å². The highest BCUT2D eigenvalue weighted by atomic mass is 32.2. The molecule has 0 bridgehead atoms. The Balaban J connectivity index is 1.38. The van der Waals surface area contributed by atoms with Gasteiger partial charge in [-0.1, -0.05) is 32.6 Å². The minimum Gasteiger partial charge on any atom is -0.332 e. The number of amides is 4. The van der Waals surface area contributed by atoms with E-state index in [1.54, 1.807) is 0 Å². The molecule has 3 heterocycles. The molecule has 0 unspecified atom stereocenters. The molecule has 0 aromatic carbocycles. The molecule has 162 valence electrons. The van der Waals surface area contributed by atoms with Gasteiger partial charge in [-0.2, -0.15) is 11.8 Å². The van der Waals surface area contributed by atoms with Crippen LogP contribution in [0.4, 0.5) is 4.79 Å². The number of rotatable bonds is 11. The van der Waals surface area contributed by atoms with Gasteiger partial charge in [0.2, 0.25) is 0 Å². The summed E-state index contributed by atoms with van der Waals surface area (Å²) >= 11 is 1.90. The molecule has 0 aromatic heterocycles. The van der Waals surface area contributed by atoms with E-state index in [0.29, 0.717) is 16.7 Å². The summed E-state index contributed by atoms with van der Waals surface area (Å²) in [5.41, 5.74) is 0. The average molecular weight is 426 g/mol. The van der Waals surface area contributed by atoms with Crippen molar-refractivity contribution in [3.8, 4) is 0 Å². The van der Waals surface area contributed by atoms with Gasteiger partial charge < -0.3 is 15.1 Å². The molecule has 0 aliphatic carbocycles. The molecule has 0 aromatic rings. The lowest BCUT2D eigenvalue weighted by Crippen LogP contribution is -2.41. The molecule has 3 atom stereocenters. The lowest BCUT2D eigenvalue weighted by Gasteiger charge is -2.27. The van der Waals surface area contributed by atoms with Crippen molar-refractivity contribution in [2.24, 2.45) is 0 Å². The number of hydrogen-bond donors (Lipinski definition) is 1. The van der Waals surface area contributed by atoms with Gasteiger partial charge in [0, 0.05) is 36.8 Å². The molecule has 8 nitrogen and oxygen atoms in total. The van der Waals surface area contributed by atoms with Gasteiger partial charge in [0.05, 0.1) is 12.1 Å². The third-order valence-electron chi connectivity index (χ3n) is 5.78. The lowest BCUT2D eigenvalue weighted by atomic mass is 10.0. The van der Waals surface area contributed by atoms with Gasteiger partial charge in [-0.25, -0.2) is 9.59 Å². The van der Waals surface area contributed by atoms with Gasteiger partial charge in [-0.15, -0.1) is 5.06 Å². The topological polar surface area (TPSA) is 96.0 Å². The van der Waals surface area contributed by atoms with Crippen LogP contribution in [0.25, 0.3) is 0 Å². The monoisotopic (exact) mass is 425 g/mol. The van der Waals surface area contributed by atoms with Crippen molar-refractivity contribution in [3.05, 3.63) is 0 Å². The van der Waals surface area contributed by atoms with E-state index >= 15 is 0 Å². The van der Waals surface area contributed by atoms with Gasteiger partial charge in [0.15, 0.2) is 0 Å². The van der Waals surface area contributed by atoms with Crippen LogP contribution >= 0.6 is 11.8 Å². The molecule has 1 N–H and O–H groups in total. The van der Waals surface area contributed by atoms with Crippen LogP contribution in [0.1, 0.15) is 71.1 Å². The quantitative estimate of drug-likeness (QED) is 0.311. The number of carbonyl (C=O) groups excluding carboxylic acids is 4. The van der Waals surface area contributed by atoms with Gasteiger partial charge in [-0.3, -0.25) is 9.59 Å². The summed E-state index contributed by atoms with van der Waals surface area (Å²) in [5, 5.41) is 4.10. The summed E-state index contributed by atoms with van der Waals surface area (Å²) in [5.74, 6) is -0.502. The zero-order valence-corrected chi connectivity index (χ0v) is 17.9. The molecular formula is C20H31N3O5S. The summed E-state index contributed by atoms with van der Waals surface area (Å²) in [7, 11) is 0.